The first-order chi connectivity index (χ1) is 14.3. The minimum atomic E-state index is 0.766. The number of aliphatic imine (C=N–C) groups is 1. The summed E-state index contributed by atoms with van der Waals surface area (Å²) in [6, 6.07) is 18.9. The van der Waals surface area contributed by atoms with Crippen molar-refractivity contribution in [1.29, 1.82) is 0 Å². The van der Waals surface area contributed by atoms with E-state index >= 15 is 0 Å². The highest BCUT2D eigenvalue weighted by Gasteiger charge is 2.12. The van der Waals surface area contributed by atoms with Crippen molar-refractivity contribution >= 4 is 11.6 Å². The molecular weight excluding hydrogens is 362 g/mol. The molecule has 0 bridgehead atoms. The van der Waals surface area contributed by atoms with Crippen molar-refractivity contribution in [3.05, 3.63) is 65.7 Å². The molecule has 0 atom stereocenters. The summed E-state index contributed by atoms with van der Waals surface area (Å²) in [5.41, 5.74) is 3.84. The van der Waals surface area contributed by atoms with Crippen molar-refractivity contribution in [2.45, 2.75) is 19.5 Å². The van der Waals surface area contributed by atoms with Gasteiger partial charge in [0.25, 0.3) is 0 Å². The number of nitrogens with one attached hydrogen (secondary N) is 3. The molecule has 6 heteroatoms. The molecule has 1 fully saturated rings. The molecule has 3 N–H and O–H groups in total. The molecule has 0 amide bonds. The third-order valence-corrected chi connectivity index (χ3v) is 5.03. The van der Waals surface area contributed by atoms with Gasteiger partial charge in [-0.1, -0.05) is 42.5 Å². The van der Waals surface area contributed by atoms with Crippen LogP contribution in [0.15, 0.2) is 59.6 Å². The van der Waals surface area contributed by atoms with Crippen LogP contribution in [-0.2, 0) is 17.8 Å². The summed E-state index contributed by atoms with van der Waals surface area (Å²) >= 11 is 0. The lowest BCUT2D eigenvalue weighted by Gasteiger charge is -2.27. The molecule has 3 rings (SSSR count). The average molecular weight is 396 g/mol. The van der Waals surface area contributed by atoms with Crippen LogP contribution in [0, 0.1) is 0 Å². The number of hydrogen-bond donors (Lipinski definition) is 3. The SMILES string of the molecule is CN=C(NCCCNc1ccccc1)NCc1ccccc1CN1CCOCC1. The molecule has 0 radical (unpaired) electrons. The van der Waals surface area contributed by atoms with Gasteiger partial charge in [-0.25, -0.2) is 0 Å². The molecule has 1 aliphatic rings. The summed E-state index contributed by atoms with van der Waals surface area (Å²) < 4.78 is 5.46. The Morgan fingerprint density at radius 3 is 2.41 bits per heavy atom. The van der Waals surface area contributed by atoms with Gasteiger partial charge in [0.05, 0.1) is 13.2 Å². The van der Waals surface area contributed by atoms with E-state index in [1.165, 1.54) is 11.1 Å². The molecule has 0 aliphatic carbocycles. The molecule has 1 heterocycles. The first kappa shape index (κ1) is 21.1. The number of hydrogen-bond acceptors (Lipinski definition) is 4. The fourth-order valence-corrected chi connectivity index (χ4v) is 3.37. The van der Waals surface area contributed by atoms with E-state index in [9.17, 15) is 0 Å². The molecule has 2 aromatic carbocycles. The van der Waals surface area contributed by atoms with Gasteiger partial charge < -0.3 is 20.7 Å². The molecule has 0 unspecified atom stereocenters. The van der Waals surface area contributed by atoms with Crippen LogP contribution in [0.2, 0.25) is 0 Å². The van der Waals surface area contributed by atoms with E-state index in [1.54, 1.807) is 0 Å². The van der Waals surface area contributed by atoms with Crippen molar-refractivity contribution < 1.29 is 4.74 Å². The quantitative estimate of drug-likeness (QED) is 0.346. The highest BCUT2D eigenvalue weighted by molar-refractivity contribution is 5.79. The molecule has 0 aromatic heterocycles. The highest BCUT2D eigenvalue weighted by Crippen LogP contribution is 2.13. The fourth-order valence-electron chi connectivity index (χ4n) is 3.37. The predicted octanol–water partition coefficient (Wildman–Crippen LogP) is 2.69. The maximum atomic E-state index is 5.46. The van der Waals surface area contributed by atoms with Gasteiger partial charge in [0, 0.05) is 52.0 Å². The van der Waals surface area contributed by atoms with E-state index < -0.39 is 0 Å². The molecule has 6 nitrogen and oxygen atoms in total. The van der Waals surface area contributed by atoms with Crippen molar-refractivity contribution in [3.63, 3.8) is 0 Å². The summed E-state index contributed by atoms with van der Waals surface area (Å²) in [7, 11) is 1.82. The largest absolute Gasteiger partial charge is 0.385 e. The molecule has 29 heavy (non-hydrogen) atoms. The second-order valence-corrected chi connectivity index (χ2v) is 7.16. The van der Waals surface area contributed by atoms with Crippen molar-refractivity contribution in [1.82, 2.24) is 15.5 Å². The first-order valence-corrected chi connectivity index (χ1v) is 10.5. The number of rotatable bonds is 9. The zero-order chi connectivity index (χ0) is 20.2. The molecule has 1 saturated heterocycles. The van der Waals surface area contributed by atoms with Crippen molar-refractivity contribution in [2.24, 2.45) is 4.99 Å². The Hall–Kier alpha value is -2.57. The maximum Gasteiger partial charge on any atom is 0.191 e. The third-order valence-electron chi connectivity index (χ3n) is 5.03. The smallest absolute Gasteiger partial charge is 0.191 e. The number of guanidine groups is 1. The molecule has 0 saturated carbocycles. The topological polar surface area (TPSA) is 60.9 Å². The highest BCUT2D eigenvalue weighted by atomic mass is 16.5. The Bertz CT molecular complexity index is 744. The van der Waals surface area contributed by atoms with Gasteiger partial charge in [-0.15, -0.1) is 0 Å². The minimum Gasteiger partial charge on any atom is -0.385 e. The number of benzene rings is 2. The molecular formula is C23H33N5O. The lowest BCUT2D eigenvalue weighted by atomic mass is 10.1. The van der Waals surface area contributed by atoms with Crippen molar-refractivity contribution in [3.8, 4) is 0 Å². The van der Waals surface area contributed by atoms with E-state index in [2.05, 4.69) is 62.2 Å². The summed E-state index contributed by atoms with van der Waals surface area (Å²) in [4.78, 5) is 6.80. The number of morpholine rings is 1. The Morgan fingerprint density at radius 1 is 0.931 bits per heavy atom. The van der Waals surface area contributed by atoms with E-state index in [0.29, 0.717) is 0 Å². The Morgan fingerprint density at radius 2 is 1.66 bits per heavy atom. The van der Waals surface area contributed by atoms with E-state index in [4.69, 9.17) is 4.74 Å². The number of nitrogens with zero attached hydrogens (tertiary/aromatic N) is 2. The maximum absolute atomic E-state index is 5.46. The number of anilines is 1. The van der Waals surface area contributed by atoms with E-state index in [0.717, 1.165) is 70.6 Å². The lowest BCUT2D eigenvalue weighted by Crippen LogP contribution is -2.38. The van der Waals surface area contributed by atoms with Crippen LogP contribution in [0.25, 0.3) is 0 Å². The molecule has 2 aromatic rings. The third kappa shape index (κ3) is 7.40. The monoisotopic (exact) mass is 395 g/mol. The van der Waals surface area contributed by atoms with Crippen LogP contribution < -0.4 is 16.0 Å². The minimum absolute atomic E-state index is 0.766. The summed E-state index contributed by atoms with van der Waals surface area (Å²) in [5, 5.41) is 10.3. The van der Waals surface area contributed by atoms with Crippen LogP contribution in [-0.4, -0.2) is 57.3 Å². The summed E-state index contributed by atoms with van der Waals surface area (Å²) in [6.45, 7) is 7.20. The van der Waals surface area contributed by atoms with Gasteiger partial charge >= 0.3 is 0 Å². The number of para-hydroxylation sites is 1. The second-order valence-electron chi connectivity index (χ2n) is 7.16. The van der Waals surface area contributed by atoms with Gasteiger partial charge in [-0.3, -0.25) is 9.89 Å². The van der Waals surface area contributed by atoms with Crippen molar-refractivity contribution in [2.75, 3.05) is 51.8 Å². The number of ether oxygens (including phenoxy) is 1. The zero-order valence-electron chi connectivity index (χ0n) is 17.4. The fraction of sp³-hybridized carbons (Fsp3) is 0.435. The van der Waals surface area contributed by atoms with Crippen LogP contribution in [0.4, 0.5) is 5.69 Å². The van der Waals surface area contributed by atoms with Crippen LogP contribution in [0.1, 0.15) is 17.5 Å². The normalized spacial score (nSPS) is 15.1. The first-order valence-electron chi connectivity index (χ1n) is 10.5. The standard InChI is InChI=1S/C23H33N5O/c1-24-23(26-13-7-12-25-22-10-3-2-4-11-22)27-18-20-8-5-6-9-21(20)19-28-14-16-29-17-15-28/h2-6,8-11,25H,7,12-19H2,1H3,(H2,24,26,27). The Labute approximate surface area is 174 Å². The summed E-state index contributed by atoms with van der Waals surface area (Å²) in [6.07, 6.45) is 1.02. The average Bonchev–Trinajstić information content (AvgIpc) is 2.78. The van der Waals surface area contributed by atoms with Gasteiger partial charge in [0.15, 0.2) is 5.96 Å². The summed E-state index contributed by atoms with van der Waals surface area (Å²) in [5.74, 6) is 0.839. The molecule has 0 spiro atoms. The van der Waals surface area contributed by atoms with Gasteiger partial charge in [-0.2, -0.15) is 0 Å². The Kier molecular flexibility index (Phi) is 8.82. The Balaban J connectivity index is 1.40. The van der Waals surface area contributed by atoms with Gasteiger partial charge in [-0.05, 0) is 29.7 Å². The van der Waals surface area contributed by atoms with Gasteiger partial charge in [0.1, 0.15) is 0 Å². The zero-order valence-corrected chi connectivity index (χ0v) is 17.4. The second kappa shape index (κ2) is 12.1. The lowest BCUT2D eigenvalue weighted by molar-refractivity contribution is 0.0341. The van der Waals surface area contributed by atoms with Crippen LogP contribution >= 0.6 is 0 Å². The molecule has 156 valence electrons. The van der Waals surface area contributed by atoms with E-state index in [1.807, 2.05) is 25.2 Å². The van der Waals surface area contributed by atoms with Gasteiger partial charge in [0.2, 0.25) is 0 Å². The molecule has 1 aliphatic heterocycles. The van der Waals surface area contributed by atoms with Crippen LogP contribution in [0.5, 0.6) is 0 Å². The van der Waals surface area contributed by atoms with Crippen LogP contribution in [0.3, 0.4) is 0 Å². The van der Waals surface area contributed by atoms with E-state index in [-0.39, 0.29) is 0 Å². The predicted molar refractivity (Wildman–Crippen MR) is 120 cm³/mol.